The summed E-state index contributed by atoms with van der Waals surface area (Å²) in [6, 6.07) is 4.98. The van der Waals surface area contributed by atoms with Gasteiger partial charge in [0.05, 0.1) is 28.6 Å². The fourth-order valence-electron chi connectivity index (χ4n) is 2.40. The van der Waals surface area contributed by atoms with Crippen molar-refractivity contribution in [3.05, 3.63) is 28.3 Å². The van der Waals surface area contributed by atoms with E-state index in [4.69, 9.17) is 16.9 Å². The first-order chi connectivity index (χ1) is 8.79. The Morgan fingerprint density at radius 1 is 1.58 bits per heavy atom. The van der Waals surface area contributed by atoms with Gasteiger partial charge < -0.3 is 10.0 Å². The molecule has 0 bridgehead atoms. The number of halogens is 1. The van der Waals surface area contributed by atoms with Crippen LogP contribution >= 0.6 is 11.6 Å². The quantitative estimate of drug-likeness (QED) is 0.858. The summed E-state index contributed by atoms with van der Waals surface area (Å²) in [7, 11) is 0. The molecule has 1 aliphatic heterocycles. The highest BCUT2D eigenvalue weighted by Gasteiger charge is 2.45. The van der Waals surface area contributed by atoms with Gasteiger partial charge in [-0.25, -0.2) is 0 Å². The predicted octanol–water partition coefficient (Wildman–Crippen LogP) is 2.40. The minimum Gasteiger partial charge on any atom is -0.387 e. The lowest BCUT2D eigenvalue weighted by Gasteiger charge is -2.29. The van der Waals surface area contributed by atoms with Crippen LogP contribution in [-0.2, 0) is 4.79 Å². The monoisotopic (exact) mass is 278 g/mol. The maximum Gasteiger partial charge on any atom is 0.230 e. The summed E-state index contributed by atoms with van der Waals surface area (Å²) in [4.78, 5) is 13.6. The second-order valence-corrected chi connectivity index (χ2v) is 5.53. The van der Waals surface area contributed by atoms with Gasteiger partial charge in [-0.1, -0.05) is 11.6 Å². The zero-order valence-corrected chi connectivity index (χ0v) is 11.8. The number of benzene rings is 1. The van der Waals surface area contributed by atoms with E-state index in [1.54, 1.807) is 37.8 Å². The molecule has 0 saturated carbocycles. The van der Waals surface area contributed by atoms with E-state index >= 15 is 0 Å². The molecule has 1 aromatic rings. The zero-order valence-electron chi connectivity index (χ0n) is 11.1. The zero-order chi connectivity index (χ0) is 14.4. The molecule has 0 aromatic heterocycles. The number of nitriles is 1. The molecule has 0 radical (unpaired) electrons. The second-order valence-electron chi connectivity index (χ2n) is 5.16. The van der Waals surface area contributed by atoms with Crippen LogP contribution < -0.4 is 4.90 Å². The smallest absolute Gasteiger partial charge is 0.230 e. The van der Waals surface area contributed by atoms with E-state index in [1.807, 2.05) is 6.07 Å². The average Bonchev–Trinajstić information content (AvgIpc) is 2.53. The van der Waals surface area contributed by atoms with Crippen molar-refractivity contribution in [1.29, 1.82) is 5.26 Å². The third-order valence-corrected chi connectivity index (χ3v) is 4.29. The standard InChI is InChI=1S/C14H15ClN2O2/c1-8-11(5-4-10(7-16)13(8)15)17-9(2)14(3,19)6-12(17)18/h4-5,9,19H,6H2,1-3H3. The Morgan fingerprint density at radius 2 is 2.21 bits per heavy atom. The van der Waals surface area contributed by atoms with Crippen molar-refractivity contribution in [2.24, 2.45) is 0 Å². The van der Waals surface area contributed by atoms with Crippen LogP contribution in [0.25, 0.3) is 0 Å². The minimum atomic E-state index is -1.05. The van der Waals surface area contributed by atoms with Crippen molar-refractivity contribution in [3.63, 3.8) is 0 Å². The first-order valence-electron chi connectivity index (χ1n) is 6.03. The summed E-state index contributed by atoms with van der Waals surface area (Å²) in [5, 5.41) is 19.5. The van der Waals surface area contributed by atoms with Gasteiger partial charge in [0, 0.05) is 5.69 Å². The van der Waals surface area contributed by atoms with Gasteiger partial charge in [-0.3, -0.25) is 4.79 Å². The number of anilines is 1. The number of amides is 1. The lowest BCUT2D eigenvalue weighted by atomic mass is 9.98. The van der Waals surface area contributed by atoms with Gasteiger partial charge in [-0.05, 0) is 38.5 Å². The first-order valence-corrected chi connectivity index (χ1v) is 6.41. The Kier molecular flexibility index (Phi) is 3.29. The van der Waals surface area contributed by atoms with E-state index in [0.717, 1.165) is 0 Å². The molecule has 1 saturated heterocycles. The van der Waals surface area contributed by atoms with Gasteiger partial charge in [0.15, 0.2) is 0 Å². The van der Waals surface area contributed by atoms with Gasteiger partial charge in [0.1, 0.15) is 6.07 Å². The maximum absolute atomic E-state index is 12.1. The number of nitrogens with zero attached hydrogens (tertiary/aromatic N) is 2. The van der Waals surface area contributed by atoms with E-state index < -0.39 is 5.60 Å². The molecule has 4 nitrogen and oxygen atoms in total. The first kappa shape index (κ1) is 13.9. The van der Waals surface area contributed by atoms with Crippen LogP contribution in [0.5, 0.6) is 0 Å². The third kappa shape index (κ3) is 2.09. The van der Waals surface area contributed by atoms with Crippen LogP contribution in [-0.4, -0.2) is 22.7 Å². The number of hydrogen-bond acceptors (Lipinski definition) is 3. The van der Waals surface area contributed by atoms with Gasteiger partial charge in [0.2, 0.25) is 5.91 Å². The number of hydrogen-bond donors (Lipinski definition) is 1. The van der Waals surface area contributed by atoms with Crippen LogP contribution in [0.15, 0.2) is 12.1 Å². The van der Waals surface area contributed by atoms with Crippen molar-refractivity contribution in [2.75, 3.05) is 4.90 Å². The Bertz CT molecular complexity index is 590. The van der Waals surface area contributed by atoms with Crippen molar-refractivity contribution >= 4 is 23.2 Å². The number of rotatable bonds is 1. The van der Waals surface area contributed by atoms with Crippen molar-refractivity contribution in [1.82, 2.24) is 0 Å². The largest absolute Gasteiger partial charge is 0.387 e. The van der Waals surface area contributed by atoms with E-state index in [2.05, 4.69) is 0 Å². The molecule has 2 unspecified atom stereocenters. The molecule has 19 heavy (non-hydrogen) atoms. The molecule has 5 heteroatoms. The van der Waals surface area contributed by atoms with Crippen molar-refractivity contribution in [2.45, 2.75) is 38.8 Å². The van der Waals surface area contributed by atoms with E-state index in [1.165, 1.54) is 0 Å². The Hall–Kier alpha value is -1.57. The summed E-state index contributed by atoms with van der Waals surface area (Å²) in [5.41, 5.74) is 0.663. The molecule has 0 aliphatic carbocycles. The normalized spacial score (nSPS) is 26.6. The van der Waals surface area contributed by atoms with E-state index in [0.29, 0.717) is 21.8 Å². The molecule has 2 rings (SSSR count). The van der Waals surface area contributed by atoms with Gasteiger partial charge in [-0.2, -0.15) is 5.26 Å². The summed E-state index contributed by atoms with van der Waals surface area (Å²) in [6.07, 6.45) is 0.0885. The fraction of sp³-hybridized carbons (Fsp3) is 0.429. The van der Waals surface area contributed by atoms with Crippen LogP contribution in [0.1, 0.15) is 31.4 Å². The third-order valence-electron chi connectivity index (χ3n) is 3.80. The SMILES string of the molecule is Cc1c(N2C(=O)CC(C)(O)C2C)ccc(C#N)c1Cl. The molecule has 1 heterocycles. The molecule has 1 aromatic carbocycles. The lowest BCUT2D eigenvalue weighted by Crippen LogP contribution is -2.41. The Labute approximate surface area is 117 Å². The fourth-order valence-corrected chi connectivity index (χ4v) is 2.60. The highest BCUT2D eigenvalue weighted by Crippen LogP contribution is 2.37. The van der Waals surface area contributed by atoms with E-state index in [9.17, 15) is 9.90 Å². The van der Waals surface area contributed by atoms with E-state index in [-0.39, 0.29) is 18.4 Å². The molecule has 1 fully saturated rings. The van der Waals surface area contributed by atoms with Crippen LogP contribution in [0, 0.1) is 18.3 Å². The molecule has 2 atom stereocenters. The summed E-state index contributed by atoms with van der Waals surface area (Å²) in [5.74, 6) is -0.138. The molecular formula is C14H15ClN2O2. The second kappa shape index (κ2) is 4.52. The molecular weight excluding hydrogens is 264 g/mol. The summed E-state index contributed by atoms with van der Waals surface area (Å²) >= 11 is 6.12. The Morgan fingerprint density at radius 3 is 2.68 bits per heavy atom. The van der Waals surface area contributed by atoms with Crippen molar-refractivity contribution < 1.29 is 9.90 Å². The Balaban J connectivity index is 2.53. The van der Waals surface area contributed by atoms with Crippen LogP contribution in [0.3, 0.4) is 0 Å². The maximum atomic E-state index is 12.1. The van der Waals surface area contributed by atoms with Gasteiger partial charge in [-0.15, -0.1) is 0 Å². The number of aliphatic hydroxyl groups is 1. The average molecular weight is 279 g/mol. The number of carbonyl (C=O) groups excluding carboxylic acids is 1. The lowest BCUT2D eigenvalue weighted by molar-refractivity contribution is -0.118. The number of carbonyl (C=O) groups is 1. The molecule has 0 spiro atoms. The molecule has 100 valence electrons. The molecule has 1 N–H and O–H groups in total. The molecule has 1 aliphatic rings. The highest BCUT2D eigenvalue weighted by molar-refractivity contribution is 6.33. The van der Waals surface area contributed by atoms with Crippen LogP contribution in [0.2, 0.25) is 5.02 Å². The topological polar surface area (TPSA) is 64.3 Å². The van der Waals surface area contributed by atoms with Gasteiger partial charge in [0.25, 0.3) is 0 Å². The summed E-state index contributed by atoms with van der Waals surface area (Å²) < 4.78 is 0. The molecule has 1 amide bonds. The van der Waals surface area contributed by atoms with Crippen LogP contribution in [0.4, 0.5) is 5.69 Å². The summed E-state index contributed by atoms with van der Waals surface area (Å²) in [6.45, 7) is 5.22. The predicted molar refractivity (Wildman–Crippen MR) is 73.1 cm³/mol. The van der Waals surface area contributed by atoms with Crippen molar-refractivity contribution in [3.8, 4) is 6.07 Å². The minimum absolute atomic E-state index is 0.0885. The van der Waals surface area contributed by atoms with Gasteiger partial charge >= 0.3 is 0 Å². The highest BCUT2D eigenvalue weighted by atomic mass is 35.5.